The van der Waals surface area contributed by atoms with E-state index < -0.39 is 0 Å². The van der Waals surface area contributed by atoms with Crippen LogP contribution in [0.5, 0.6) is 0 Å². The van der Waals surface area contributed by atoms with E-state index in [1.54, 1.807) is 0 Å². The van der Waals surface area contributed by atoms with E-state index in [9.17, 15) is 9.59 Å². The normalized spacial score (nSPS) is 27.6. The van der Waals surface area contributed by atoms with Gasteiger partial charge >= 0.3 is 0 Å². The maximum atomic E-state index is 12.9. The van der Waals surface area contributed by atoms with E-state index >= 15 is 0 Å². The highest BCUT2D eigenvalue weighted by atomic mass is 16.5. The van der Waals surface area contributed by atoms with Crippen LogP contribution in [-0.4, -0.2) is 46.0 Å². The van der Waals surface area contributed by atoms with Gasteiger partial charge < -0.3 is 15.4 Å². The molecular weight excluding hydrogens is 320 g/mol. The molecule has 2 N–H and O–H groups in total. The Morgan fingerprint density at radius 2 is 2.08 bits per heavy atom. The van der Waals surface area contributed by atoms with Gasteiger partial charge in [-0.1, -0.05) is 0 Å². The van der Waals surface area contributed by atoms with Crippen molar-refractivity contribution in [2.45, 2.75) is 45.4 Å². The number of ether oxygens (including phenoxy) is 1. The third-order valence-electron chi connectivity index (χ3n) is 5.22. The second-order valence-electron chi connectivity index (χ2n) is 6.99. The van der Waals surface area contributed by atoms with Crippen molar-refractivity contribution >= 4 is 17.5 Å². The van der Waals surface area contributed by atoms with E-state index in [1.807, 2.05) is 36.6 Å². The quantitative estimate of drug-likeness (QED) is 0.871. The Kier molecular flexibility index (Phi) is 3.76. The van der Waals surface area contributed by atoms with Crippen molar-refractivity contribution in [3.05, 3.63) is 35.3 Å². The predicted molar refractivity (Wildman–Crippen MR) is 91.4 cm³/mol. The Hall–Kier alpha value is -2.41. The van der Waals surface area contributed by atoms with Gasteiger partial charge in [0.15, 0.2) is 0 Å². The van der Waals surface area contributed by atoms with Crippen LogP contribution in [0.1, 0.15) is 35.1 Å². The topological polar surface area (TPSA) is 84.7 Å². The minimum Gasteiger partial charge on any atom is -0.376 e. The molecule has 0 unspecified atom stereocenters. The van der Waals surface area contributed by atoms with Gasteiger partial charge in [-0.3, -0.25) is 14.0 Å². The Balaban J connectivity index is 1.59. The summed E-state index contributed by atoms with van der Waals surface area (Å²) in [6.45, 7) is 5.99. The number of rotatable bonds is 3. The number of carbonyl (C=O) groups is 2. The molecule has 0 radical (unpaired) electrons. The van der Waals surface area contributed by atoms with Crippen molar-refractivity contribution in [1.82, 2.24) is 20.0 Å². The molecule has 4 atom stereocenters. The van der Waals surface area contributed by atoms with E-state index in [-0.39, 0.29) is 35.9 Å². The Bertz CT molecular complexity index is 859. The van der Waals surface area contributed by atoms with Crippen LogP contribution in [0.4, 0.5) is 0 Å². The average molecular weight is 342 g/mol. The molecule has 2 fully saturated rings. The first-order valence-electron chi connectivity index (χ1n) is 8.60. The molecule has 132 valence electrons. The average Bonchev–Trinajstić information content (AvgIpc) is 3.10. The van der Waals surface area contributed by atoms with Crippen molar-refractivity contribution < 1.29 is 14.3 Å². The fraction of sp³-hybridized carbons (Fsp3) is 0.500. The third kappa shape index (κ3) is 2.59. The lowest BCUT2D eigenvalue weighted by Gasteiger charge is -2.47. The molecule has 7 heteroatoms. The fourth-order valence-corrected chi connectivity index (χ4v) is 4.07. The summed E-state index contributed by atoms with van der Waals surface area (Å²) in [5, 5.41) is 6.01. The lowest BCUT2D eigenvalue weighted by molar-refractivity contribution is -0.123. The molecule has 2 aromatic heterocycles. The first kappa shape index (κ1) is 16.1. The SMILES string of the molecule is CC(=O)N[C@@H]1[C@@H](NC(=O)c2c(C)nc3cc(C)ccn23)[C@H]2CCO[C@H]21. The van der Waals surface area contributed by atoms with Gasteiger partial charge in [0.25, 0.3) is 5.91 Å². The van der Waals surface area contributed by atoms with Crippen LogP contribution < -0.4 is 10.6 Å². The van der Waals surface area contributed by atoms with Gasteiger partial charge in [0.2, 0.25) is 5.91 Å². The molecule has 0 bridgehead atoms. The monoisotopic (exact) mass is 342 g/mol. The fourth-order valence-electron chi connectivity index (χ4n) is 4.07. The van der Waals surface area contributed by atoms with Crippen LogP contribution in [0, 0.1) is 19.8 Å². The first-order valence-corrected chi connectivity index (χ1v) is 8.60. The highest BCUT2D eigenvalue weighted by Crippen LogP contribution is 2.39. The summed E-state index contributed by atoms with van der Waals surface area (Å²) in [7, 11) is 0. The van der Waals surface area contributed by atoms with Gasteiger partial charge in [-0.2, -0.15) is 0 Å². The molecular formula is C18H22N4O3. The molecule has 1 aliphatic heterocycles. The molecule has 2 aromatic rings. The molecule has 0 aromatic carbocycles. The van der Waals surface area contributed by atoms with Crippen molar-refractivity contribution in [2.75, 3.05) is 6.61 Å². The van der Waals surface area contributed by atoms with Gasteiger partial charge in [-0.05, 0) is 38.0 Å². The first-order chi connectivity index (χ1) is 12.0. The van der Waals surface area contributed by atoms with Gasteiger partial charge in [0.1, 0.15) is 11.3 Å². The van der Waals surface area contributed by atoms with Crippen LogP contribution >= 0.6 is 0 Å². The number of carbonyl (C=O) groups excluding carboxylic acids is 2. The Morgan fingerprint density at radius 1 is 1.28 bits per heavy atom. The molecule has 4 rings (SSSR count). The zero-order valence-electron chi connectivity index (χ0n) is 14.6. The van der Waals surface area contributed by atoms with Gasteiger partial charge in [-0.15, -0.1) is 0 Å². The van der Waals surface area contributed by atoms with E-state index in [0.29, 0.717) is 18.0 Å². The maximum Gasteiger partial charge on any atom is 0.270 e. The summed E-state index contributed by atoms with van der Waals surface area (Å²) in [5.74, 6) is -0.0262. The summed E-state index contributed by atoms with van der Waals surface area (Å²) in [6.07, 6.45) is 2.77. The van der Waals surface area contributed by atoms with Crippen molar-refractivity contribution in [3.8, 4) is 0 Å². The molecule has 7 nitrogen and oxygen atoms in total. The zero-order chi connectivity index (χ0) is 17.7. The van der Waals surface area contributed by atoms with Gasteiger partial charge in [0.05, 0.1) is 23.9 Å². The van der Waals surface area contributed by atoms with Crippen LogP contribution in [0.25, 0.3) is 5.65 Å². The molecule has 2 aliphatic rings. The molecule has 3 heterocycles. The summed E-state index contributed by atoms with van der Waals surface area (Å²) in [5.41, 5.74) is 3.09. The molecule has 25 heavy (non-hydrogen) atoms. The van der Waals surface area contributed by atoms with Crippen LogP contribution in [0.3, 0.4) is 0 Å². The van der Waals surface area contributed by atoms with Crippen LogP contribution in [-0.2, 0) is 9.53 Å². The summed E-state index contributed by atoms with van der Waals surface area (Å²) >= 11 is 0. The molecule has 0 spiro atoms. The highest BCUT2D eigenvalue weighted by Gasteiger charge is 2.55. The third-order valence-corrected chi connectivity index (χ3v) is 5.22. The maximum absolute atomic E-state index is 12.9. The number of hydrogen-bond donors (Lipinski definition) is 2. The second kappa shape index (κ2) is 5.84. The number of aryl methyl sites for hydroxylation is 2. The van der Waals surface area contributed by atoms with Crippen LogP contribution in [0.2, 0.25) is 0 Å². The van der Waals surface area contributed by atoms with E-state index in [1.165, 1.54) is 6.92 Å². The summed E-state index contributed by atoms with van der Waals surface area (Å²) < 4.78 is 7.50. The number of imidazole rings is 1. The van der Waals surface area contributed by atoms with Crippen LogP contribution in [0.15, 0.2) is 18.3 Å². The number of pyridine rings is 1. The van der Waals surface area contributed by atoms with E-state index in [0.717, 1.165) is 17.6 Å². The summed E-state index contributed by atoms with van der Waals surface area (Å²) in [4.78, 5) is 28.9. The standard InChI is InChI=1S/C18H22N4O3/c1-9-4-6-22-13(8-9)19-10(2)16(22)18(24)21-14-12-5-7-25-17(12)15(14)20-11(3)23/h4,6,8,12,14-15,17H,5,7H2,1-3H3,(H,20,23)(H,21,24)/t12-,14+,15-,17-/m1/s1. The number of nitrogens with one attached hydrogen (secondary N) is 2. The van der Waals surface area contributed by atoms with Crippen molar-refractivity contribution in [1.29, 1.82) is 0 Å². The number of fused-ring (bicyclic) bond motifs is 2. The van der Waals surface area contributed by atoms with E-state index in [2.05, 4.69) is 15.6 Å². The largest absolute Gasteiger partial charge is 0.376 e. The van der Waals surface area contributed by atoms with E-state index in [4.69, 9.17) is 4.74 Å². The Labute approximate surface area is 145 Å². The molecule has 2 amide bonds. The Morgan fingerprint density at radius 3 is 2.84 bits per heavy atom. The predicted octanol–water partition coefficient (Wildman–Crippen LogP) is 0.973. The minimum atomic E-state index is -0.171. The smallest absolute Gasteiger partial charge is 0.270 e. The molecule has 1 saturated carbocycles. The van der Waals surface area contributed by atoms with Gasteiger partial charge in [0, 0.05) is 25.6 Å². The highest BCUT2D eigenvalue weighted by molar-refractivity contribution is 5.95. The minimum absolute atomic E-state index is 0.000121. The van der Waals surface area contributed by atoms with Gasteiger partial charge in [-0.25, -0.2) is 4.98 Å². The molecule has 1 aliphatic carbocycles. The second-order valence-corrected chi connectivity index (χ2v) is 6.99. The lowest BCUT2D eigenvalue weighted by atomic mass is 9.71. The number of aromatic nitrogens is 2. The molecule has 1 saturated heterocycles. The number of nitrogens with zero attached hydrogens (tertiary/aromatic N) is 2. The zero-order valence-corrected chi connectivity index (χ0v) is 14.6. The number of hydrogen-bond acceptors (Lipinski definition) is 4. The lowest BCUT2D eigenvalue weighted by Crippen LogP contribution is -2.70. The van der Waals surface area contributed by atoms with Crippen molar-refractivity contribution in [3.63, 3.8) is 0 Å². The number of amides is 2. The summed E-state index contributed by atoms with van der Waals surface area (Å²) in [6, 6.07) is 3.62. The van der Waals surface area contributed by atoms with Crippen molar-refractivity contribution in [2.24, 2.45) is 5.92 Å².